The molecule has 0 aliphatic rings. The first-order valence-electron chi connectivity index (χ1n) is 8.98. The van der Waals surface area contributed by atoms with E-state index in [1.54, 1.807) is 12.1 Å². The van der Waals surface area contributed by atoms with Crippen LogP contribution in [-0.4, -0.2) is 30.5 Å². The first-order chi connectivity index (χ1) is 12.0. The second kappa shape index (κ2) is 9.62. The Bertz CT molecular complexity index is 585. The third-order valence-electron chi connectivity index (χ3n) is 3.49. The Balaban J connectivity index is 2.38. The summed E-state index contributed by atoms with van der Waals surface area (Å²) in [6, 6.07) is 7.21. The smallest absolute Gasteiger partial charge is 0.412 e. The van der Waals surface area contributed by atoms with E-state index in [4.69, 9.17) is 14.2 Å². The average Bonchev–Trinajstić information content (AvgIpc) is 2.46. The fraction of sp³-hybridized carbons (Fsp3) is 0.571. The first kappa shape index (κ1) is 22.0. The summed E-state index contributed by atoms with van der Waals surface area (Å²) in [5, 5.41) is 2.69. The van der Waals surface area contributed by atoms with Gasteiger partial charge in [-0.1, -0.05) is 5.57 Å². The van der Waals surface area contributed by atoms with E-state index >= 15 is 0 Å². The average molecular weight is 363 g/mol. The van der Waals surface area contributed by atoms with E-state index < -0.39 is 11.7 Å². The molecule has 1 N–H and O–H groups in total. The molecule has 26 heavy (non-hydrogen) atoms. The molecule has 0 spiro atoms. The number of benzene rings is 1. The van der Waals surface area contributed by atoms with Crippen LogP contribution < -0.4 is 10.1 Å². The molecule has 0 heterocycles. The quantitative estimate of drug-likeness (QED) is 0.583. The summed E-state index contributed by atoms with van der Waals surface area (Å²) in [6.07, 6.45) is 1.18. The van der Waals surface area contributed by atoms with Crippen molar-refractivity contribution in [2.45, 2.75) is 65.6 Å². The third-order valence-corrected chi connectivity index (χ3v) is 3.49. The Labute approximate surface area is 157 Å². The predicted octanol–water partition coefficient (Wildman–Crippen LogP) is 5.56. The van der Waals surface area contributed by atoms with E-state index in [1.165, 1.54) is 0 Å². The van der Waals surface area contributed by atoms with Crippen LogP contribution in [0.5, 0.6) is 5.75 Å². The van der Waals surface area contributed by atoms with Crippen molar-refractivity contribution in [2.24, 2.45) is 0 Å². The zero-order valence-electron chi connectivity index (χ0n) is 17.0. The minimum absolute atomic E-state index is 0.242. The number of rotatable bonds is 9. The highest BCUT2D eigenvalue weighted by Gasteiger charge is 2.18. The van der Waals surface area contributed by atoms with Gasteiger partial charge in [-0.2, -0.15) is 0 Å². The van der Waals surface area contributed by atoms with Gasteiger partial charge in [0.05, 0.1) is 18.8 Å². The van der Waals surface area contributed by atoms with Crippen LogP contribution in [0.3, 0.4) is 0 Å². The minimum Gasteiger partial charge on any atom is -0.493 e. The highest BCUT2D eigenvalue weighted by atomic mass is 16.6. The zero-order valence-corrected chi connectivity index (χ0v) is 17.0. The monoisotopic (exact) mass is 363 g/mol. The fourth-order valence-electron chi connectivity index (χ4n) is 2.04. The van der Waals surface area contributed by atoms with E-state index in [0.29, 0.717) is 18.9 Å². The summed E-state index contributed by atoms with van der Waals surface area (Å²) in [5.74, 6) is 0.748. The van der Waals surface area contributed by atoms with E-state index in [1.807, 2.05) is 39.8 Å². The van der Waals surface area contributed by atoms with Crippen molar-refractivity contribution in [2.75, 3.05) is 18.5 Å². The zero-order chi connectivity index (χ0) is 19.8. The Hall–Kier alpha value is -2.01. The molecule has 5 heteroatoms. The molecule has 0 aromatic heterocycles. The number of carbonyl (C=O) groups is 1. The Kier molecular flexibility index (Phi) is 8.15. The van der Waals surface area contributed by atoms with Gasteiger partial charge in [0, 0.05) is 12.1 Å². The lowest BCUT2D eigenvalue weighted by Gasteiger charge is -2.25. The van der Waals surface area contributed by atoms with Crippen LogP contribution >= 0.6 is 0 Å². The first-order valence-corrected chi connectivity index (χ1v) is 8.98. The van der Waals surface area contributed by atoms with Crippen LogP contribution in [0.2, 0.25) is 0 Å². The van der Waals surface area contributed by atoms with Gasteiger partial charge in [0.25, 0.3) is 0 Å². The predicted molar refractivity (Wildman–Crippen MR) is 106 cm³/mol. The largest absolute Gasteiger partial charge is 0.493 e. The fourth-order valence-corrected chi connectivity index (χ4v) is 2.04. The maximum atomic E-state index is 11.7. The van der Waals surface area contributed by atoms with Crippen molar-refractivity contribution < 1.29 is 19.0 Å². The van der Waals surface area contributed by atoms with Gasteiger partial charge >= 0.3 is 6.09 Å². The van der Waals surface area contributed by atoms with E-state index in [0.717, 1.165) is 24.2 Å². The van der Waals surface area contributed by atoms with Gasteiger partial charge in [0.15, 0.2) is 0 Å². The second-order valence-electron chi connectivity index (χ2n) is 8.06. The summed E-state index contributed by atoms with van der Waals surface area (Å²) in [5.41, 5.74) is 1.02. The number of ether oxygens (including phenoxy) is 3. The number of anilines is 1. The van der Waals surface area contributed by atoms with Crippen LogP contribution in [0.1, 0.15) is 54.4 Å². The Morgan fingerprint density at radius 3 is 2.23 bits per heavy atom. The molecule has 0 aliphatic heterocycles. The van der Waals surface area contributed by atoms with Gasteiger partial charge in [-0.25, -0.2) is 4.79 Å². The van der Waals surface area contributed by atoms with Crippen molar-refractivity contribution in [3.8, 4) is 5.75 Å². The molecule has 1 aromatic carbocycles. The van der Waals surface area contributed by atoms with Gasteiger partial charge in [0.1, 0.15) is 11.4 Å². The van der Waals surface area contributed by atoms with Gasteiger partial charge in [-0.05, 0) is 72.2 Å². The molecule has 0 unspecified atom stereocenters. The summed E-state index contributed by atoms with van der Waals surface area (Å²) in [4.78, 5) is 11.7. The normalized spacial score (nSPS) is 11.8. The maximum absolute atomic E-state index is 11.7. The lowest BCUT2D eigenvalue weighted by Crippen LogP contribution is -2.27. The summed E-state index contributed by atoms with van der Waals surface area (Å²) >= 11 is 0. The van der Waals surface area contributed by atoms with E-state index in [2.05, 4.69) is 25.7 Å². The highest BCUT2D eigenvalue weighted by molar-refractivity contribution is 5.84. The van der Waals surface area contributed by atoms with E-state index in [9.17, 15) is 4.79 Å². The van der Waals surface area contributed by atoms with Gasteiger partial charge in [-0.3, -0.25) is 5.32 Å². The molecule has 1 rings (SSSR count). The molecule has 0 fully saturated rings. The second-order valence-corrected chi connectivity index (χ2v) is 8.06. The molecule has 146 valence electrons. The molecule has 0 aliphatic carbocycles. The number of amides is 1. The van der Waals surface area contributed by atoms with Gasteiger partial charge in [0.2, 0.25) is 0 Å². The summed E-state index contributed by atoms with van der Waals surface area (Å²) in [6.45, 7) is 16.7. The Morgan fingerprint density at radius 2 is 1.69 bits per heavy atom. The van der Waals surface area contributed by atoms with E-state index in [-0.39, 0.29) is 5.60 Å². The van der Waals surface area contributed by atoms with Crippen molar-refractivity contribution in [3.05, 3.63) is 36.4 Å². The molecule has 0 radical (unpaired) electrons. The van der Waals surface area contributed by atoms with Gasteiger partial charge in [-0.15, -0.1) is 6.58 Å². The summed E-state index contributed by atoms with van der Waals surface area (Å²) in [7, 11) is 0. The number of hydrogen-bond acceptors (Lipinski definition) is 4. The molecular formula is C21H33NO4. The van der Waals surface area contributed by atoms with Crippen LogP contribution in [-0.2, 0) is 9.47 Å². The minimum atomic E-state index is -0.521. The molecule has 0 atom stereocenters. The topological polar surface area (TPSA) is 56.8 Å². The number of hydrogen-bond donors (Lipinski definition) is 1. The van der Waals surface area contributed by atoms with Crippen molar-refractivity contribution >= 4 is 11.8 Å². The van der Waals surface area contributed by atoms with Crippen molar-refractivity contribution in [1.82, 2.24) is 0 Å². The Morgan fingerprint density at radius 1 is 1.08 bits per heavy atom. The summed E-state index contributed by atoms with van der Waals surface area (Å²) < 4.78 is 16.9. The molecule has 1 aromatic rings. The van der Waals surface area contributed by atoms with Crippen LogP contribution in [0, 0.1) is 0 Å². The molecular weight excluding hydrogens is 330 g/mol. The lowest BCUT2D eigenvalue weighted by atomic mass is 10.1. The number of carbonyl (C=O) groups excluding carboxylic acids is 1. The standard InChI is InChI=1S/C21H33NO4/c1-16(2)12-14-25-21(6,7)13-15-24-18-10-8-17(9-11-18)22-19(23)26-20(3,4)5/h8-11H,1,12-15H2,2-7H3,(H,22,23). The van der Waals surface area contributed by atoms with Crippen molar-refractivity contribution in [3.63, 3.8) is 0 Å². The van der Waals surface area contributed by atoms with Crippen molar-refractivity contribution in [1.29, 1.82) is 0 Å². The molecule has 0 saturated carbocycles. The molecule has 1 amide bonds. The molecule has 0 saturated heterocycles. The maximum Gasteiger partial charge on any atom is 0.412 e. The lowest BCUT2D eigenvalue weighted by molar-refractivity contribution is -0.0290. The van der Waals surface area contributed by atoms with Crippen LogP contribution in [0.15, 0.2) is 36.4 Å². The highest BCUT2D eigenvalue weighted by Crippen LogP contribution is 2.20. The number of nitrogens with one attached hydrogen (secondary N) is 1. The van der Waals surface area contributed by atoms with Gasteiger partial charge < -0.3 is 14.2 Å². The van der Waals surface area contributed by atoms with Crippen LogP contribution in [0.4, 0.5) is 10.5 Å². The third kappa shape index (κ3) is 10.1. The molecule has 0 bridgehead atoms. The molecule has 5 nitrogen and oxygen atoms in total. The SMILES string of the molecule is C=C(C)CCOC(C)(C)CCOc1ccc(NC(=O)OC(C)(C)C)cc1. The van der Waals surface area contributed by atoms with Crippen LogP contribution in [0.25, 0.3) is 0 Å².